The van der Waals surface area contributed by atoms with Crippen molar-refractivity contribution >= 4 is 0 Å². The van der Waals surface area contributed by atoms with Crippen molar-refractivity contribution in [1.82, 2.24) is 24.5 Å². The number of hydrogen-bond donors (Lipinski definition) is 7. The fourth-order valence-electron chi connectivity index (χ4n) is 4.09. The monoisotopic (exact) mass is 490 g/mol. The van der Waals surface area contributed by atoms with Gasteiger partial charge in [-0.3, -0.25) is 24.5 Å². The quantitative estimate of drug-likeness (QED) is 0.0611. The zero-order valence-corrected chi connectivity index (χ0v) is 21.8. The first kappa shape index (κ1) is 33.5. The molecule has 0 aromatic carbocycles. The normalized spacial score (nSPS) is 12.4. The highest BCUT2D eigenvalue weighted by Crippen LogP contribution is 1.99. The molecule has 0 heterocycles. The van der Waals surface area contributed by atoms with Crippen molar-refractivity contribution in [2.45, 2.75) is 0 Å². The maximum atomic E-state index is 5.92. The van der Waals surface area contributed by atoms with Gasteiger partial charge >= 0.3 is 0 Å². The minimum atomic E-state index is 0.646. The van der Waals surface area contributed by atoms with Gasteiger partial charge in [-0.05, 0) is 0 Å². The summed E-state index contributed by atoms with van der Waals surface area (Å²) in [5.74, 6) is 0. The molecule has 0 atom stereocenters. The maximum absolute atomic E-state index is 5.92. The molecule has 34 heavy (non-hydrogen) atoms. The molecule has 0 aliphatic rings. The molecule has 12 nitrogen and oxygen atoms in total. The summed E-state index contributed by atoms with van der Waals surface area (Å²) in [5, 5.41) is 0. The highest BCUT2D eigenvalue weighted by atomic mass is 15.3. The summed E-state index contributed by atoms with van der Waals surface area (Å²) in [7, 11) is 0. The second-order valence-corrected chi connectivity index (χ2v) is 8.73. The van der Waals surface area contributed by atoms with E-state index < -0.39 is 0 Å². The van der Waals surface area contributed by atoms with Crippen LogP contribution >= 0.6 is 0 Å². The fraction of sp³-hybridized carbons (Fsp3) is 1.00. The van der Waals surface area contributed by atoms with Crippen LogP contribution in [0, 0.1) is 0 Å². The van der Waals surface area contributed by atoms with E-state index in [0.29, 0.717) is 45.8 Å². The lowest BCUT2D eigenvalue weighted by Gasteiger charge is -2.32. The standard InChI is InChI=1S/C22H58N12/c23-1-8-30(9-2-24)15-18-33(14-7-29)19-22-34(20-16-31(10-3-25)11-4-26)21-17-32(12-5-27)13-6-28/h1-29H2. The van der Waals surface area contributed by atoms with Gasteiger partial charge in [0.25, 0.3) is 0 Å². The summed E-state index contributed by atoms with van der Waals surface area (Å²) in [6.45, 7) is 18.4. The average molecular weight is 491 g/mol. The minimum absolute atomic E-state index is 0.646. The van der Waals surface area contributed by atoms with Crippen LogP contribution in [-0.4, -0.2) is 168 Å². The van der Waals surface area contributed by atoms with Crippen LogP contribution in [0.2, 0.25) is 0 Å². The molecular weight excluding hydrogens is 432 g/mol. The van der Waals surface area contributed by atoms with E-state index in [4.69, 9.17) is 40.1 Å². The second-order valence-electron chi connectivity index (χ2n) is 8.73. The van der Waals surface area contributed by atoms with Gasteiger partial charge in [-0.15, -0.1) is 0 Å². The minimum Gasteiger partial charge on any atom is -0.329 e. The lowest BCUT2D eigenvalue weighted by molar-refractivity contribution is 0.151. The van der Waals surface area contributed by atoms with Gasteiger partial charge in [0.2, 0.25) is 0 Å². The molecule has 0 amide bonds. The van der Waals surface area contributed by atoms with Gasteiger partial charge in [-0.25, -0.2) is 0 Å². The predicted octanol–water partition coefficient (Wildman–Crippen LogP) is -4.79. The van der Waals surface area contributed by atoms with Crippen molar-refractivity contribution in [3.05, 3.63) is 0 Å². The van der Waals surface area contributed by atoms with Gasteiger partial charge in [-0.1, -0.05) is 0 Å². The first-order chi connectivity index (χ1) is 16.6. The third-order valence-electron chi connectivity index (χ3n) is 6.05. The van der Waals surface area contributed by atoms with Crippen molar-refractivity contribution in [2.75, 3.05) is 144 Å². The van der Waals surface area contributed by atoms with E-state index in [2.05, 4.69) is 24.5 Å². The number of nitrogens with two attached hydrogens (primary N) is 7. The van der Waals surface area contributed by atoms with E-state index in [0.717, 1.165) is 98.2 Å². The van der Waals surface area contributed by atoms with Gasteiger partial charge in [-0.2, -0.15) is 0 Å². The fourth-order valence-corrected chi connectivity index (χ4v) is 4.09. The summed E-state index contributed by atoms with van der Waals surface area (Å²) in [6, 6.07) is 0. The summed E-state index contributed by atoms with van der Waals surface area (Å²) in [5.41, 5.74) is 40.6. The molecular formula is C22H58N12. The van der Waals surface area contributed by atoms with E-state index >= 15 is 0 Å². The molecule has 0 fully saturated rings. The van der Waals surface area contributed by atoms with Crippen LogP contribution in [0.15, 0.2) is 0 Å². The Morgan fingerprint density at radius 2 is 0.324 bits per heavy atom. The highest BCUT2D eigenvalue weighted by molar-refractivity contribution is 4.71. The molecule has 0 unspecified atom stereocenters. The summed E-state index contributed by atoms with van der Waals surface area (Å²) in [6.07, 6.45) is 0. The van der Waals surface area contributed by atoms with E-state index in [1.165, 1.54) is 0 Å². The van der Waals surface area contributed by atoms with Crippen molar-refractivity contribution in [1.29, 1.82) is 0 Å². The van der Waals surface area contributed by atoms with E-state index in [-0.39, 0.29) is 0 Å². The van der Waals surface area contributed by atoms with Gasteiger partial charge in [0.1, 0.15) is 0 Å². The Labute approximate surface area is 209 Å². The largest absolute Gasteiger partial charge is 0.329 e. The molecule has 206 valence electrons. The van der Waals surface area contributed by atoms with E-state index in [9.17, 15) is 0 Å². The third-order valence-corrected chi connectivity index (χ3v) is 6.05. The Morgan fingerprint density at radius 3 is 0.471 bits per heavy atom. The predicted molar refractivity (Wildman–Crippen MR) is 146 cm³/mol. The molecule has 0 aliphatic heterocycles. The molecule has 0 radical (unpaired) electrons. The molecule has 0 rings (SSSR count). The lowest BCUT2D eigenvalue weighted by atomic mass is 10.3. The Kier molecular flexibility index (Phi) is 23.9. The zero-order valence-electron chi connectivity index (χ0n) is 21.8. The molecule has 0 spiro atoms. The Balaban J connectivity index is 4.98. The van der Waals surface area contributed by atoms with Gasteiger partial charge in [0.15, 0.2) is 0 Å². The first-order valence-corrected chi connectivity index (χ1v) is 13.1. The lowest BCUT2D eigenvalue weighted by Crippen LogP contribution is -2.47. The topological polar surface area (TPSA) is 198 Å². The van der Waals surface area contributed by atoms with Gasteiger partial charge in [0, 0.05) is 144 Å². The van der Waals surface area contributed by atoms with Gasteiger partial charge < -0.3 is 40.1 Å². The zero-order chi connectivity index (χ0) is 25.4. The maximum Gasteiger partial charge on any atom is 0.0110 e. The number of nitrogens with zero attached hydrogens (tertiary/aromatic N) is 5. The van der Waals surface area contributed by atoms with E-state index in [1.54, 1.807) is 0 Å². The first-order valence-electron chi connectivity index (χ1n) is 13.1. The molecule has 0 aromatic heterocycles. The molecule has 0 saturated heterocycles. The van der Waals surface area contributed by atoms with Crippen LogP contribution in [0.1, 0.15) is 0 Å². The molecule has 0 bridgehead atoms. The molecule has 12 heteroatoms. The highest BCUT2D eigenvalue weighted by Gasteiger charge is 2.14. The Morgan fingerprint density at radius 1 is 0.206 bits per heavy atom. The third kappa shape index (κ3) is 17.9. The Bertz CT molecular complexity index is 379. The molecule has 0 aliphatic carbocycles. The smallest absolute Gasteiger partial charge is 0.0110 e. The van der Waals surface area contributed by atoms with Crippen molar-refractivity contribution in [3.8, 4) is 0 Å². The molecule has 0 aromatic rings. The van der Waals surface area contributed by atoms with Crippen LogP contribution in [-0.2, 0) is 0 Å². The van der Waals surface area contributed by atoms with Crippen LogP contribution in [0.5, 0.6) is 0 Å². The number of rotatable bonds is 26. The SMILES string of the molecule is NCCN(CCN)CCN(CCN)CCN(CCN(CCN)CCN)CCN(CCN)CCN. The van der Waals surface area contributed by atoms with Gasteiger partial charge in [0.05, 0.1) is 0 Å². The van der Waals surface area contributed by atoms with Crippen LogP contribution in [0.25, 0.3) is 0 Å². The second kappa shape index (κ2) is 24.2. The average Bonchev–Trinajstić information content (AvgIpc) is 2.82. The molecule has 14 N–H and O–H groups in total. The van der Waals surface area contributed by atoms with Crippen LogP contribution in [0.4, 0.5) is 0 Å². The Hall–Kier alpha value is -0.480. The summed E-state index contributed by atoms with van der Waals surface area (Å²) in [4.78, 5) is 12.0. The summed E-state index contributed by atoms with van der Waals surface area (Å²) >= 11 is 0. The van der Waals surface area contributed by atoms with Crippen molar-refractivity contribution in [3.63, 3.8) is 0 Å². The van der Waals surface area contributed by atoms with Crippen molar-refractivity contribution in [2.24, 2.45) is 40.1 Å². The number of hydrogen-bond acceptors (Lipinski definition) is 12. The van der Waals surface area contributed by atoms with Crippen LogP contribution < -0.4 is 40.1 Å². The van der Waals surface area contributed by atoms with Crippen molar-refractivity contribution < 1.29 is 0 Å². The van der Waals surface area contributed by atoms with Crippen LogP contribution in [0.3, 0.4) is 0 Å². The summed E-state index contributed by atoms with van der Waals surface area (Å²) < 4.78 is 0. The molecule has 0 saturated carbocycles. The van der Waals surface area contributed by atoms with E-state index in [1.807, 2.05) is 0 Å².